The molecule has 8 nitrogen and oxygen atoms in total. The molecule has 1 aromatic heterocycles. The van der Waals surface area contributed by atoms with Crippen LogP contribution in [-0.2, 0) is 4.74 Å². The second-order valence-corrected chi connectivity index (χ2v) is 8.96. The number of nitrogens with zero attached hydrogens (tertiary/aromatic N) is 3. The number of amides is 1. The minimum atomic E-state index is -0.565. The van der Waals surface area contributed by atoms with Crippen molar-refractivity contribution in [2.45, 2.75) is 38.2 Å². The summed E-state index contributed by atoms with van der Waals surface area (Å²) in [4.78, 5) is 17.5. The Balaban J connectivity index is 1.48. The number of fused-ring (bicyclic) bond motifs is 1. The Morgan fingerprint density at radius 1 is 1.13 bits per heavy atom. The van der Waals surface area contributed by atoms with Gasteiger partial charge in [0.05, 0.1) is 11.4 Å². The SMILES string of the molecule is Cc1nc(-c2ccc(Oc3ccc4c(c3)SN(C(=O)OC(C)(C)C)CCO4)cc2)no1. The van der Waals surface area contributed by atoms with Gasteiger partial charge < -0.3 is 18.7 Å². The Morgan fingerprint density at radius 3 is 2.55 bits per heavy atom. The fourth-order valence-electron chi connectivity index (χ4n) is 2.81. The van der Waals surface area contributed by atoms with Gasteiger partial charge in [-0.25, -0.2) is 9.10 Å². The highest BCUT2D eigenvalue weighted by molar-refractivity contribution is 7.97. The maximum atomic E-state index is 12.5. The van der Waals surface area contributed by atoms with Crippen LogP contribution in [0.3, 0.4) is 0 Å². The summed E-state index contributed by atoms with van der Waals surface area (Å²) >= 11 is 1.28. The zero-order valence-electron chi connectivity index (χ0n) is 17.7. The minimum Gasteiger partial charge on any atom is -0.490 e. The maximum absolute atomic E-state index is 12.5. The summed E-state index contributed by atoms with van der Waals surface area (Å²) in [6.45, 7) is 8.08. The molecular formula is C22H23N3O5S. The van der Waals surface area contributed by atoms with E-state index < -0.39 is 11.7 Å². The molecule has 4 rings (SSSR count). The molecule has 0 fully saturated rings. The third kappa shape index (κ3) is 5.29. The number of benzene rings is 2. The van der Waals surface area contributed by atoms with Crippen LogP contribution in [0.15, 0.2) is 51.9 Å². The number of ether oxygens (including phenoxy) is 3. The number of hydrogen-bond donors (Lipinski definition) is 0. The molecule has 0 N–H and O–H groups in total. The summed E-state index contributed by atoms with van der Waals surface area (Å²) in [7, 11) is 0. The van der Waals surface area contributed by atoms with Crippen molar-refractivity contribution in [1.29, 1.82) is 0 Å². The van der Waals surface area contributed by atoms with Gasteiger partial charge in [-0.05, 0) is 75.2 Å². The van der Waals surface area contributed by atoms with Crippen LogP contribution in [-0.4, -0.2) is 39.3 Å². The molecule has 1 aliphatic rings. The largest absolute Gasteiger partial charge is 0.490 e. The Labute approximate surface area is 184 Å². The summed E-state index contributed by atoms with van der Waals surface area (Å²) < 4.78 is 23.8. The molecule has 0 atom stereocenters. The van der Waals surface area contributed by atoms with Crippen molar-refractivity contribution in [2.24, 2.45) is 0 Å². The van der Waals surface area contributed by atoms with E-state index in [0.717, 1.165) is 10.5 Å². The molecule has 0 radical (unpaired) electrons. The number of rotatable bonds is 3. The van der Waals surface area contributed by atoms with E-state index in [0.29, 0.717) is 42.1 Å². The first-order valence-electron chi connectivity index (χ1n) is 9.81. The Kier molecular flexibility index (Phi) is 5.77. The molecule has 1 aliphatic heterocycles. The van der Waals surface area contributed by atoms with E-state index in [1.165, 1.54) is 11.9 Å². The summed E-state index contributed by atoms with van der Waals surface area (Å²) in [5.41, 5.74) is 0.272. The van der Waals surface area contributed by atoms with Gasteiger partial charge in [0.25, 0.3) is 0 Å². The lowest BCUT2D eigenvalue weighted by Crippen LogP contribution is -2.34. The van der Waals surface area contributed by atoms with Crippen molar-refractivity contribution in [3.63, 3.8) is 0 Å². The normalized spacial score (nSPS) is 13.7. The van der Waals surface area contributed by atoms with Crippen molar-refractivity contribution in [3.05, 3.63) is 48.4 Å². The molecule has 9 heteroatoms. The van der Waals surface area contributed by atoms with Gasteiger partial charge in [0.2, 0.25) is 11.7 Å². The van der Waals surface area contributed by atoms with Gasteiger partial charge in [-0.1, -0.05) is 5.16 Å². The predicted molar refractivity (Wildman–Crippen MR) is 115 cm³/mol. The summed E-state index contributed by atoms with van der Waals surface area (Å²) in [5, 5.41) is 3.91. The van der Waals surface area contributed by atoms with Crippen molar-refractivity contribution in [1.82, 2.24) is 14.4 Å². The molecule has 0 saturated carbocycles. The van der Waals surface area contributed by atoms with E-state index in [1.807, 2.05) is 63.2 Å². The molecule has 0 bridgehead atoms. The van der Waals surface area contributed by atoms with Crippen LogP contribution in [0.4, 0.5) is 4.79 Å². The monoisotopic (exact) mass is 441 g/mol. The first-order chi connectivity index (χ1) is 14.8. The zero-order chi connectivity index (χ0) is 22.0. The Bertz CT molecular complexity index is 1080. The molecular weight excluding hydrogens is 418 g/mol. The van der Waals surface area contributed by atoms with Crippen LogP contribution in [0, 0.1) is 6.92 Å². The molecule has 31 heavy (non-hydrogen) atoms. The third-order valence-corrected chi connectivity index (χ3v) is 5.22. The van der Waals surface area contributed by atoms with Crippen LogP contribution in [0.2, 0.25) is 0 Å². The molecule has 1 amide bonds. The summed E-state index contributed by atoms with van der Waals surface area (Å²) in [5.74, 6) is 3.04. The minimum absolute atomic E-state index is 0.385. The first kappa shape index (κ1) is 21.0. The first-order valence-corrected chi connectivity index (χ1v) is 10.6. The fraction of sp³-hybridized carbons (Fsp3) is 0.318. The number of aryl methyl sites for hydroxylation is 1. The average Bonchev–Trinajstić information content (AvgIpc) is 3.02. The lowest BCUT2D eigenvalue weighted by atomic mass is 10.2. The van der Waals surface area contributed by atoms with Gasteiger partial charge in [0, 0.05) is 12.5 Å². The lowest BCUT2D eigenvalue weighted by Gasteiger charge is -2.25. The fourth-order valence-corrected chi connectivity index (χ4v) is 3.71. The zero-order valence-corrected chi connectivity index (χ0v) is 18.6. The third-order valence-electron chi connectivity index (χ3n) is 4.15. The predicted octanol–water partition coefficient (Wildman–Crippen LogP) is 5.47. The Morgan fingerprint density at radius 2 is 1.87 bits per heavy atom. The number of carbonyl (C=O) groups excluding carboxylic acids is 1. The molecule has 0 spiro atoms. The van der Waals surface area contributed by atoms with Gasteiger partial charge in [-0.15, -0.1) is 0 Å². The number of aromatic nitrogens is 2. The quantitative estimate of drug-likeness (QED) is 0.494. The molecule has 3 aromatic rings. The highest BCUT2D eigenvalue weighted by Crippen LogP contribution is 2.38. The molecule has 0 aliphatic carbocycles. The standard InChI is InChI=1S/C22H23N3O5S/c1-14-23-20(24-30-14)15-5-7-16(8-6-15)28-17-9-10-18-19(13-17)31-25(11-12-27-18)21(26)29-22(2,3)4/h5-10,13H,11-12H2,1-4H3. The average molecular weight is 442 g/mol. The highest BCUT2D eigenvalue weighted by atomic mass is 32.2. The van der Waals surface area contributed by atoms with Gasteiger partial charge in [-0.2, -0.15) is 4.98 Å². The van der Waals surface area contributed by atoms with Crippen LogP contribution < -0.4 is 9.47 Å². The van der Waals surface area contributed by atoms with E-state index >= 15 is 0 Å². The highest BCUT2D eigenvalue weighted by Gasteiger charge is 2.26. The number of carbonyl (C=O) groups is 1. The van der Waals surface area contributed by atoms with Crippen molar-refractivity contribution in [3.8, 4) is 28.6 Å². The second-order valence-electron chi connectivity index (χ2n) is 7.89. The molecule has 0 unspecified atom stereocenters. The van der Waals surface area contributed by atoms with Gasteiger partial charge >= 0.3 is 6.09 Å². The van der Waals surface area contributed by atoms with Crippen LogP contribution in [0.1, 0.15) is 26.7 Å². The van der Waals surface area contributed by atoms with Gasteiger partial charge in [0.15, 0.2) is 0 Å². The van der Waals surface area contributed by atoms with Gasteiger partial charge in [-0.3, -0.25) is 0 Å². The topological polar surface area (TPSA) is 86.9 Å². The molecule has 0 saturated heterocycles. The van der Waals surface area contributed by atoms with E-state index in [1.54, 1.807) is 11.2 Å². The smallest absolute Gasteiger partial charge is 0.420 e. The van der Waals surface area contributed by atoms with E-state index in [9.17, 15) is 4.79 Å². The Hall–Kier alpha value is -3.20. The van der Waals surface area contributed by atoms with Crippen LogP contribution in [0.25, 0.3) is 11.4 Å². The van der Waals surface area contributed by atoms with Gasteiger partial charge in [0.1, 0.15) is 29.5 Å². The van der Waals surface area contributed by atoms with E-state index in [-0.39, 0.29) is 0 Å². The molecule has 2 aromatic carbocycles. The van der Waals surface area contributed by atoms with Crippen LogP contribution in [0.5, 0.6) is 17.2 Å². The maximum Gasteiger partial charge on any atom is 0.420 e. The molecule has 162 valence electrons. The van der Waals surface area contributed by atoms with Crippen molar-refractivity contribution < 1.29 is 23.5 Å². The lowest BCUT2D eigenvalue weighted by molar-refractivity contribution is 0.0394. The van der Waals surface area contributed by atoms with E-state index in [2.05, 4.69) is 10.1 Å². The number of hydrogen-bond acceptors (Lipinski definition) is 8. The van der Waals surface area contributed by atoms with E-state index in [4.69, 9.17) is 18.7 Å². The van der Waals surface area contributed by atoms with Crippen molar-refractivity contribution in [2.75, 3.05) is 13.2 Å². The summed E-state index contributed by atoms with van der Waals surface area (Å²) in [6, 6.07) is 12.9. The van der Waals surface area contributed by atoms with Crippen molar-refractivity contribution >= 4 is 18.0 Å². The summed E-state index contributed by atoms with van der Waals surface area (Å²) in [6.07, 6.45) is -0.396. The molecule has 2 heterocycles. The second kappa shape index (κ2) is 8.50. The van der Waals surface area contributed by atoms with Crippen LogP contribution >= 0.6 is 11.9 Å².